The van der Waals surface area contributed by atoms with Crippen molar-refractivity contribution in [2.24, 2.45) is 5.92 Å². The Bertz CT molecular complexity index is 610. The van der Waals surface area contributed by atoms with Crippen molar-refractivity contribution in [2.75, 3.05) is 0 Å². The van der Waals surface area contributed by atoms with E-state index < -0.39 is 23.1 Å². The average molecular weight is 335 g/mol. The van der Waals surface area contributed by atoms with Crippen molar-refractivity contribution in [3.63, 3.8) is 0 Å². The van der Waals surface area contributed by atoms with E-state index in [0.29, 0.717) is 12.8 Å². The second-order valence-electron chi connectivity index (χ2n) is 6.16. The van der Waals surface area contributed by atoms with Crippen molar-refractivity contribution < 1.29 is 24.0 Å². The number of hydrogen-bond donors (Lipinski definition) is 0. The smallest absolute Gasteiger partial charge is 0.338 e. The summed E-state index contributed by atoms with van der Waals surface area (Å²) in [5, 5.41) is 10.6. The molecule has 7 nitrogen and oxygen atoms in total. The number of nitro benzene ring substituents is 1. The molecule has 0 N–H and O–H groups in total. The average Bonchev–Trinajstić information content (AvgIpc) is 2.56. The monoisotopic (exact) mass is 335 g/mol. The molecular formula is C17H21NO6. The molecule has 2 atom stereocenters. The van der Waals surface area contributed by atoms with Gasteiger partial charge in [0.1, 0.15) is 12.2 Å². The number of esters is 2. The minimum absolute atomic E-state index is 0.0899. The molecule has 7 heteroatoms. The molecule has 0 aromatic heterocycles. The quantitative estimate of drug-likeness (QED) is 0.465. The van der Waals surface area contributed by atoms with Crippen LogP contribution >= 0.6 is 0 Å². The molecule has 1 aromatic carbocycles. The van der Waals surface area contributed by atoms with Crippen LogP contribution in [-0.4, -0.2) is 29.1 Å². The third-order valence-electron chi connectivity index (χ3n) is 3.95. The van der Waals surface area contributed by atoms with Gasteiger partial charge in [0.2, 0.25) is 0 Å². The Labute approximate surface area is 140 Å². The number of hydrogen-bond acceptors (Lipinski definition) is 6. The molecule has 0 radical (unpaired) electrons. The lowest BCUT2D eigenvalue weighted by Crippen LogP contribution is -2.38. The molecule has 2 rings (SSSR count). The first-order valence-electron chi connectivity index (χ1n) is 8.04. The summed E-state index contributed by atoms with van der Waals surface area (Å²) in [5.74, 6) is -1.11. The minimum atomic E-state index is -0.567. The summed E-state index contributed by atoms with van der Waals surface area (Å²) in [6.07, 6.45) is 2.20. The second-order valence-corrected chi connectivity index (χ2v) is 6.16. The van der Waals surface area contributed by atoms with Crippen molar-refractivity contribution in [3.05, 3.63) is 39.9 Å². The van der Waals surface area contributed by atoms with Gasteiger partial charge in [-0.3, -0.25) is 14.9 Å². The largest absolute Gasteiger partial charge is 0.458 e. The van der Waals surface area contributed by atoms with Gasteiger partial charge in [-0.25, -0.2) is 4.79 Å². The number of nitro groups is 1. The third-order valence-corrected chi connectivity index (χ3v) is 3.95. The van der Waals surface area contributed by atoms with E-state index in [9.17, 15) is 19.7 Å². The fraction of sp³-hybridized carbons (Fsp3) is 0.529. The van der Waals surface area contributed by atoms with Gasteiger partial charge in [-0.1, -0.05) is 13.8 Å². The summed E-state index contributed by atoms with van der Waals surface area (Å²) in [7, 11) is 0. The molecule has 0 saturated heterocycles. The van der Waals surface area contributed by atoms with Crippen LogP contribution in [0.4, 0.5) is 5.69 Å². The van der Waals surface area contributed by atoms with E-state index in [-0.39, 0.29) is 23.1 Å². The Morgan fingerprint density at radius 2 is 1.62 bits per heavy atom. The fourth-order valence-corrected chi connectivity index (χ4v) is 2.54. The van der Waals surface area contributed by atoms with Gasteiger partial charge < -0.3 is 9.47 Å². The minimum Gasteiger partial charge on any atom is -0.458 e. The van der Waals surface area contributed by atoms with E-state index in [1.54, 1.807) is 13.8 Å². The highest BCUT2D eigenvalue weighted by Crippen LogP contribution is 2.26. The number of nitrogens with zero attached hydrogens (tertiary/aromatic N) is 1. The zero-order chi connectivity index (χ0) is 17.7. The Hall–Kier alpha value is -2.44. The second kappa shape index (κ2) is 7.90. The summed E-state index contributed by atoms with van der Waals surface area (Å²) < 4.78 is 10.9. The van der Waals surface area contributed by atoms with Crippen molar-refractivity contribution in [1.82, 2.24) is 0 Å². The van der Waals surface area contributed by atoms with E-state index in [2.05, 4.69) is 0 Å². The van der Waals surface area contributed by atoms with Crippen molar-refractivity contribution in [1.29, 1.82) is 0 Å². The van der Waals surface area contributed by atoms with E-state index in [1.807, 2.05) is 0 Å². The lowest BCUT2D eigenvalue weighted by atomic mass is 9.94. The Morgan fingerprint density at radius 1 is 1.08 bits per heavy atom. The van der Waals surface area contributed by atoms with Crippen molar-refractivity contribution in [2.45, 2.75) is 51.7 Å². The molecule has 1 saturated carbocycles. The van der Waals surface area contributed by atoms with Crippen LogP contribution in [0, 0.1) is 16.0 Å². The molecule has 1 aliphatic rings. The summed E-state index contributed by atoms with van der Waals surface area (Å²) in [6.45, 7) is 3.51. The number of non-ortho nitro benzene ring substituents is 1. The highest BCUT2D eigenvalue weighted by atomic mass is 16.6. The molecule has 0 amide bonds. The van der Waals surface area contributed by atoms with Crippen LogP contribution in [0.5, 0.6) is 0 Å². The Morgan fingerprint density at radius 3 is 2.12 bits per heavy atom. The zero-order valence-corrected chi connectivity index (χ0v) is 13.8. The van der Waals surface area contributed by atoms with E-state index in [0.717, 1.165) is 12.8 Å². The molecule has 1 aliphatic carbocycles. The van der Waals surface area contributed by atoms with Gasteiger partial charge in [-0.2, -0.15) is 0 Å². The lowest BCUT2D eigenvalue weighted by molar-refractivity contribution is -0.384. The molecule has 0 bridgehead atoms. The van der Waals surface area contributed by atoms with Crippen LogP contribution in [0.15, 0.2) is 24.3 Å². The lowest BCUT2D eigenvalue weighted by Gasteiger charge is -2.31. The maximum absolute atomic E-state index is 12.2. The van der Waals surface area contributed by atoms with Crippen LogP contribution in [0.25, 0.3) is 0 Å². The van der Waals surface area contributed by atoms with Gasteiger partial charge in [0.15, 0.2) is 0 Å². The standard InChI is InChI=1S/C17H21NO6/c1-11(2)16(19)23-14-5-3-4-6-15(14)24-17(20)12-7-9-13(10-8-12)18(21)22/h7-11,14-15H,3-6H2,1-2H3. The van der Waals surface area contributed by atoms with E-state index in [4.69, 9.17) is 9.47 Å². The summed E-state index contributed by atoms with van der Waals surface area (Å²) in [6, 6.07) is 5.23. The number of carbonyl (C=O) groups excluding carboxylic acids is 2. The topological polar surface area (TPSA) is 95.7 Å². The van der Waals surface area contributed by atoms with Crippen LogP contribution in [0.3, 0.4) is 0 Å². The molecule has 1 aromatic rings. The van der Waals surface area contributed by atoms with Crippen LogP contribution in [0.2, 0.25) is 0 Å². The number of rotatable bonds is 5. The molecule has 0 heterocycles. The van der Waals surface area contributed by atoms with Crippen LogP contribution in [0.1, 0.15) is 49.9 Å². The Balaban J connectivity index is 2.02. The maximum Gasteiger partial charge on any atom is 0.338 e. The fourth-order valence-electron chi connectivity index (χ4n) is 2.54. The normalized spacial score (nSPS) is 20.5. The number of ether oxygens (including phenoxy) is 2. The van der Waals surface area contributed by atoms with Gasteiger partial charge in [-0.15, -0.1) is 0 Å². The maximum atomic E-state index is 12.2. The molecule has 0 aliphatic heterocycles. The first-order valence-corrected chi connectivity index (χ1v) is 8.04. The molecular weight excluding hydrogens is 314 g/mol. The molecule has 24 heavy (non-hydrogen) atoms. The summed E-state index contributed by atoms with van der Waals surface area (Å²) >= 11 is 0. The summed E-state index contributed by atoms with van der Waals surface area (Å²) in [5.41, 5.74) is 0.146. The highest BCUT2D eigenvalue weighted by molar-refractivity contribution is 5.89. The number of carbonyl (C=O) groups is 2. The summed E-state index contributed by atoms with van der Waals surface area (Å²) in [4.78, 5) is 34.1. The van der Waals surface area contributed by atoms with E-state index >= 15 is 0 Å². The molecule has 1 fully saturated rings. The number of benzene rings is 1. The van der Waals surface area contributed by atoms with Gasteiger partial charge in [0.05, 0.1) is 16.4 Å². The van der Waals surface area contributed by atoms with Crippen molar-refractivity contribution in [3.8, 4) is 0 Å². The predicted octanol–water partition coefficient (Wildman–Crippen LogP) is 3.26. The molecule has 130 valence electrons. The Kier molecular flexibility index (Phi) is 5.89. The van der Waals surface area contributed by atoms with Crippen molar-refractivity contribution >= 4 is 17.6 Å². The first kappa shape index (κ1) is 17.9. The predicted molar refractivity (Wildman–Crippen MR) is 85.5 cm³/mol. The third kappa shape index (κ3) is 4.53. The first-order chi connectivity index (χ1) is 11.4. The molecule has 2 unspecified atom stereocenters. The van der Waals surface area contributed by atoms with Crippen LogP contribution in [-0.2, 0) is 14.3 Å². The van der Waals surface area contributed by atoms with Crippen LogP contribution < -0.4 is 0 Å². The van der Waals surface area contributed by atoms with Gasteiger partial charge >= 0.3 is 11.9 Å². The highest BCUT2D eigenvalue weighted by Gasteiger charge is 2.32. The van der Waals surface area contributed by atoms with Gasteiger partial charge in [0, 0.05) is 12.1 Å². The van der Waals surface area contributed by atoms with E-state index in [1.165, 1.54) is 24.3 Å². The van der Waals surface area contributed by atoms with Gasteiger partial charge in [-0.05, 0) is 37.8 Å². The van der Waals surface area contributed by atoms with Gasteiger partial charge in [0.25, 0.3) is 5.69 Å². The SMILES string of the molecule is CC(C)C(=O)OC1CCCCC1OC(=O)c1ccc([N+](=O)[O-])cc1. The molecule has 0 spiro atoms. The zero-order valence-electron chi connectivity index (χ0n) is 13.8.